The summed E-state index contributed by atoms with van der Waals surface area (Å²) in [6, 6.07) is 14.6. The van der Waals surface area contributed by atoms with E-state index in [9.17, 15) is 0 Å². The molecule has 0 bridgehead atoms. The molecule has 2 aromatic rings. The van der Waals surface area contributed by atoms with E-state index in [-0.39, 0.29) is 0 Å². The van der Waals surface area contributed by atoms with E-state index in [1.165, 1.54) is 16.8 Å². The molecule has 3 heteroatoms. The van der Waals surface area contributed by atoms with Gasteiger partial charge >= 0.3 is 0 Å². The molecule has 0 aromatic heterocycles. The first kappa shape index (κ1) is 18.2. The largest absolute Gasteiger partial charge is 0.494 e. The Morgan fingerprint density at radius 1 is 0.958 bits per heavy atom. The molecule has 0 radical (unpaired) electrons. The van der Waals surface area contributed by atoms with Crippen LogP contribution in [0.3, 0.4) is 0 Å². The van der Waals surface area contributed by atoms with Crippen LogP contribution in [-0.4, -0.2) is 19.7 Å². The standard InChI is InChI=1S/C21H30N2O/c1-16(2)11-14-24-20-9-6-8-19(15-20)22-12-13-23-21-10-5-7-17(3)18(21)4/h5-10,15-16,22-23H,11-14H2,1-4H3. The van der Waals surface area contributed by atoms with Crippen molar-refractivity contribution in [3.05, 3.63) is 53.6 Å². The molecule has 0 unspecified atom stereocenters. The third-order valence-corrected chi connectivity index (χ3v) is 4.17. The normalized spacial score (nSPS) is 10.7. The fraction of sp³-hybridized carbons (Fsp3) is 0.429. The summed E-state index contributed by atoms with van der Waals surface area (Å²) in [5.74, 6) is 1.60. The summed E-state index contributed by atoms with van der Waals surface area (Å²) in [5.41, 5.74) is 4.94. The second kappa shape index (κ2) is 9.21. The Morgan fingerprint density at radius 3 is 2.50 bits per heavy atom. The molecule has 2 N–H and O–H groups in total. The van der Waals surface area contributed by atoms with Gasteiger partial charge in [0.1, 0.15) is 5.75 Å². The fourth-order valence-corrected chi connectivity index (χ4v) is 2.45. The van der Waals surface area contributed by atoms with Crippen molar-refractivity contribution in [2.45, 2.75) is 34.1 Å². The lowest BCUT2D eigenvalue weighted by Crippen LogP contribution is -2.14. The predicted octanol–water partition coefficient (Wildman–Crippen LogP) is 5.25. The third-order valence-electron chi connectivity index (χ3n) is 4.17. The van der Waals surface area contributed by atoms with Crippen molar-refractivity contribution in [2.75, 3.05) is 30.3 Å². The summed E-state index contributed by atoms with van der Waals surface area (Å²) < 4.78 is 5.81. The van der Waals surface area contributed by atoms with Gasteiger partial charge in [0, 0.05) is 30.5 Å². The number of benzene rings is 2. The molecule has 0 atom stereocenters. The Hall–Kier alpha value is -2.16. The highest BCUT2D eigenvalue weighted by atomic mass is 16.5. The molecule has 3 nitrogen and oxygen atoms in total. The van der Waals surface area contributed by atoms with Crippen LogP contribution in [0.25, 0.3) is 0 Å². The second-order valence-corrected chi connectivity index (χ2v) is 6.66. The molecule has 0 heterocycles. The maximum atomic E-state index is 5.81. The van der Waals surface area contributed by atoms with Crippen molar-refractivity contribution in [2.24, 2.45) is 5.92 Å². The molecule has 0 fully saturated rings. The quantitative estimate of drug-likeness (QED) is 0.617. The highest BCUT2D eigenvalue weighted by Gasteiger charge is 2.01. The van der Waals surface area contributed by atoms with Gasteiger partial charge in [-0.3, -0.25) is 0 Å². The van der Waals surface area contributed by atoms with Crippen molar-refractivity contribution in [3.8, 4) is 5.75 Å². The Kier molecular flexibility index (Phi) is 6.98. The first-order valence-corrected chi connectivity index (χ1v) is 8.83. The van der Waals surface area contributed by atoms with E-state index >= 15 is 0 Å². The third kappa shape index (κ3) is 5.80. The number of rotatable bonds is 9. The van der Waals surface area contributed by atoms with Gasteiger partial charge in [-0.15, -0.1) is 0 Å². The minimum Gasteiger partial charge on any atom is -0.494 e. The van der Waals surface area contributed by atoms with Gasteiger partial charge in [-0.25, -0.2) is 0 Å². The molecule has 0 saturated carbocycles. The highest BCUT2D eigenvalue weighted by molar-refractivity contribution is 5.54. The Morgan fingerprint density at radius 2 is 1.71 bits per heavy atom. The SMILES string of the molecule is Cc1cccc(NCCNc2cccc(OCCC(C)C)c2)c1C. The minimum atomic E-state index is 0.669. The average Bonchev–Trinajstić information content (AvgIpc) is 2.55. The molecular weight excluding hydrogens is 296 g/mol. The summed E-state index contributed by atoms with van der Waals surface area (Å²) in [4.78, 5) is 0. The lowest BCUT2D eigenvalue weighted by Gasteiger charge is -2.13. The number of hydrogen-bond acceptors (Lipinski definition) is 3. The average molecular weight is 326 g/mol. The van der Waals surface area contributed by atoms with Crippen LogP contribution in [0.5, 0.6) is 5.75 Å². The van der Waals surface area contributed by atoms with Crippen LogP contribution in [0, 0.1) is 19.8 Å². The van der Waals surface area contributed by atoms with Crippen LogP contribution in [-0.2, 0) is 0 Å². The van der Waals surface area contributed by atoms with Crippen LogP contribution in [0.15, 0.2) is 42.5 Å². The van der Waals surface area contributed by atoms with Crippen molar-refractivity contribution in [1.29, 1.82) is 0 Å². The van der Waals surface area contributed by atoms with Crippen molar-refractivity contribution >= 4 is 11.4 Å². The molecule has 0 spiro atoms. The minimum absolute atomic E-state index is 0.669. The molecule has 0 saturated heterocycles. The smallest absolute Gasteiger partial charge is 0.121 e. The number of ether oxygens (including phenoxy) is 1. The molecule has 0 aliphatic rings. The van der Waals surface area contributed by atoms with Crippen LogP contribution in [0.1, 0.15) is 31.4 Å². The van der Waals surface area contributed by atoms with Gasteiger partial charge in [-0.05, 0) is 55.5 Å². The van der Waals surface area contributed by atoms with E-state index in [0.29, 0.717) is 5.92 Å². The lowest BCUT2D eigenvalue weighted by molar-refractivity contribution is 0.289. The van der Waals surface area contributed by atoms with Crippen molar-refractivity contribution in [1.82, 2.24) is 0 Å². The zero-order valence-corrected chi connectivity index (χ0v) is 15.4. The summed E-state index contributed by atoms with van der Waals surface area (Å²) in [5, 5.41) is 6.94. The lowest BCUT2D eigenvalue weighted by atomic mass is 10.1. The van der Waals surface area contributed by atoms with Crippen LogP contribution < -0.4 is 15.4 Å². The van der Waals surface area contributed by atoms with E-state index in [1.54, 1.807) is 0 Å². The van der Waals surface area contributed by atoms with E-state index in [1.807, 2.05) is 12.1 Å². The molecule has 0 amide bonds. The summed E-state index contributed by atoms with van der Waals surface area (Å²) in [6.45, 7) is 11.2. The fourth-order valence-electron chi connectivity index (χ4n) is 2.45. The first-order valence-electron chi connectivity index (χ1n) is 8.83. The van der Waals surface area contributed by atoms with E-state index in [2.05, 4.69) is 68.7 Å². The van der Waals surface area contributed by atoms with Crippen LogP contribution >= 0.6 is 0 Å². The second-order valence-electron chi connectivity index (χ2n) is 6.66. The van der Waals surface area contributed by atoms with Gasteiger partial charge in [0.25, 0.3) is 0 Å². The molecule has 2 rings (SSSR count). The summed E-state index contributed by atoms with van der Waals surface area (Å²) in [7, 11) is 0. The molecule has 2 aromatic carbocycles. The zero-order chi connectivity index (χ0) is 17.4. The maximum absolute atomic E-state index is 5.81. The Balaban J connectivity index is 1.77. The van der Waals surface area contributed by atoms with E-state index in [4.69, 9.17) is 4.74 Å². The Bertz CT molecular complexity index is 637. The molecule has 0 aliphatic heterocycles. The number of hydrogen-bond donors (Lipinski definition) is 2. The van der Waals surface area contributed by atoms with E-state index < -0.39 is 0 Å². The molecular formula is C21H30N2O. The molecule has 130 valence electrons. The summed E-state index contributed by atoms with van der Waals surface area (Å²) in [6.07, 6.45) is 1.08. The molecule has 0 aliphatic carbocycles. The van der Waals surface area contributed by atoms with Gasteiger partial charge in [0.2, 0.25) is 0 Å². The number of anilines is 2. The molecule has 24 heavy (non-hydrogen) atoms. The maximum Gasteiger partial charge on any atom is 0.121 e. The zero-order valence-electron chi connectivity index (χ0n) is 15.4. The topological polar surface area (TPSA) is 33.3 Å². The van der Waals surface area contributed by atoms with Gasteiger partial charge < -0.3 is 15.4 Å². The summed E-state index contributed by atoms with van der Waals surface area (Å²) >= 11 is 0. The van der Waals surface area contributed by atoms with Gasteiger partial charge in [0.05, 0.1) is 6.61 Å². The van der Waals surface area contributed by atoms with Crippen LogP contribution in [0.2, 0.25) is 0 Å². The van der Waals surface area contributed by atoms with Gasteiger partial charge in [-0.1, -0.05) is 32.0 Å². The van der Waals surface area contributed by atoms with Crippen molar-refractivity contribution in [3.63, 3.8) is 0 Å². The first-order chi connectivity index (χ1) is 11.6. The van der Waals surface area contributed by atoms with E-state index in [0.717, 1.165) is 37.6 Å². The van der Waals surface area contributed by atoms with Crippen LogP contribution in [0.4, 0.5) is 11.4 Å². The number of nitrogens with one attached hydrogen (secondary N) is 2. The number of aryl methyl sites for hydroxylation is 1. The van der Waals surface area contributed by atoms with Gasteiger partial charge in [0.15, 0.2) is 0 Å². The Labute approximate surface area is 146 Å². The van der Waals surface area contributed by atoms with Crippen molar-refractivity contribution < 1.29 is 4.74 Å². The predicted molar refractivity (Wildman–Crippen MR) is 104 cm³/mol. The monoisotopic (exact) mass is 326 g/mol. The van der Waals surface area contributed by atoms with Gasteiger partial charge in [-0.2, -0.15) is 0 Å². The highest BCUT2D eigenvalue weighted by Crippen LogP contribution is 2.19.